The Hall–Kier alpha value is -1.37. The van der Waals surface area contributed by atoms with Crippen molar-refractivity contribution in [2.45, 2.75) is 0 Å². The zero-order chi connectivity index (χ0) is 11.0. The van der Waals surface area contributed by atoms with E-state index in [9.17, 15) is 9.90 Å². The molecule has 0 spiro atoms. The van der Waals surface area contributed by atoms with Crippen LogP contribution in [0.15, 0.2) is 24.3 Å². The molecule has 0 aliphatic rings. The first-order chi connectivity index (χ1) is 7.08. The SMILES string of the molecule is O=C(O)c1cc(O)c2cc(I)ccc2n1. The third-order valence-corrected chi connectivity index (χ3v) is 2.64. The molecule has 2 N–H and O–H groups in total. The van der Waals surface area contributed by atoms with Gasteiger partial charge in [-0.25, -0.2) is 9.78 Å². The van der Waals surface area contributed by atoms with Crippen LogP contribution in [0.25, 0.3) is 10.9 Å². The minimum absolute atomic E-state index is 0.0593. The van der Waals surface area contributed by atoms with E-state index >= 15 is 0 Å². The van der Waals surface area contributed by atoms with E-state index in [1.54, 1.807) is 18.2 Å². The molecular weight excluding hydrogens is 309 g/mol. The predicted molar refractivity (Wildman–Crippen MR) is 63.1 cm³/mol. The van der Waals surface area contributed by atoms with Crippen LogP contribution in [0.1, 0.15) is 10.5 Å². The van der Waals surface area contributed by atoms with Gasteiger partial charge in [-0.3, -0.25) is 0 Å². The van der Waals surface area contributed by atoms with Crippen LogP contribution in [-0.2, 0) is 0 Å². The Morgan fingerprint density at radius 2 is 2.07 bits per heavy atom. The number of fused-ring (bicyclic) bond motifs is 1. The lowest BCUT2D eigenvalue weighted by Crippen LogP contribution is -2.00. The summed E-state index contributed by atoms with van der Waals surface area (Å²) in [6, 6.07) is 6.40. The Morgan fingerprint density at radius 3 is 2.73 bits per heavy atom. The van der Waals surface area contributed by atoms with Crippen molar-refractivity contribution in [3.05, 3.63) is 33.5 Å². The van der Waals surface area contributed by atoms with Gasteiger partial charge in [-0.1, -0.05) is 0 Å². The van der Waals surface area contributed by atoms with E-state index in [0.717, 1.165) is 9.64 Å². The highest BCUT2D eigenvalue weighted by atomic mass is 127. The average Bonchev–Trinajstić information content (AvgIpc) is 2.18. The van der Waals surface area contributed by atoms with Gasteiger partial charge in [-0.05, 0) is 40.8 Å². The zero-order valence-electron chi connectivity index (χ0n) is 7.44. The molecule has 4 nitrogen and oxygen atoms in total. The molecule has 2 rings (SSSR count). The van der Waals surface area contributed by atoms with E-state index in [4.69, 9.17) is 5.11 Å². The molecule has 1 heterocycles. The maximum absolute atomic E-state index is 10.7. The first kappa shape index (κ1) is 10.2. The molecule has 0 aliphatic carbocycles. The van der Waals surface area contributed by atoms with Crippen molar-refractivity contribution >= 4 is 39.5 Å². The van der Waals surface area contributed by atoms with Gasteiger partial charge >= 0.3 is 5.97 Å². The number of carbonyl (C=O) groups is 1. The fraction of sp³-hybridized carbons (Fsp3) is 0. The number of hydrogen-bond acceptors (Lipinski definition) is 3. The summed E-state index contributed by atoms with van der Waals surface area (Å²) in [7, 11) is 0. The van der Waals surface area contributed by atoms with E-state index < -0.39 is 5.97 Å². The van der Waals surface area contributed by atoms with Crippen LogP contribution in [0.4, 0.5) is 0 Å². The van der Waals surface area contributed by atoms with Crippen molar-refractivity contribution < 1.29 is 15.0 Å². The molecule has 76 valence electrons. The van der Waals surface area contributed by atoms with E-state index in [0.29, 0.717) is 10.9 Å². The van der Waals surface area contributed by atoms with Gasteiger partial charge in [0.2, 0.25) is 0 Å². The number of hydrogen-bond donors (Lipinski definition) is 2. The summed E-state index contributed by atoms with van der Waals surface area (Å²) >= 11 is 2.11. The van der Waals surface area contributed by atoms with Gasteiger partial charge < -0.3 is 10.2 Å². The number of aromatic hydroxyl groups is 1. The molecule has 0 atom stereocenters. The standard InChI is InChI=1S/C10H6INO3/c11-5-1-2-7-6(3-5)9(13)4-8(12-7)10(14)15/h1-4H,(H,12,13)(H,14,15). The largest absolute Gasteiger partial charge is 0.507 e. The van der Waals surface area contributed by atoms with Gasteiger partial charge in [0.1, 0.15) is 5.75 Å². The Bertz CT molecular complexity index is 554. The summed E-state index contributed by atoms with van der Waals surface area (Å²) in [6.45, 7) is 0. The van der Waals surface area contributed by atoms with Crippen LogP contribution in [0.3, 0.4) is 0 Å². The highest BCUT2D eigenvalue weighted by molar-refractivity contribution is 14.1. The highest BCUT2D eigenvalue weighted by Gasteiger charge is 2.10. The van der Waals surface area contributed by atoms with E-state index in [-0.39, 0.29) is 11.4 Å². The first-order valence-corrected chi connectivity index (χ1v) is 5.18. The van der Waals surface area contributed by atoms with Crippen LogP contribution in [0.2, 0.25) is 0 Å². The number of pyridine rings is 1. The molecule has 2 aromatic rings. The van der Waals surface area contributed by atoms with Crippen LogP contribution in [-0.4, -0.2) is 21.2 Å². The molecule has 0 saturated heterocycles. The van der Waals surface area contributed by atoms with Crippen LogP contribution in [0.5, 0.6) is 5.75 Å². The number of carboxylic acid groups (broad SMARTS) is 1. The number of halogens is 1. The van der Waals surface area contributed by atoms with Crippen LogP contribution in [0, 0.1) is 3.57 Å². The minimum atomic E-state index is -1.15. The van der Waals surface area contributed by atoms with Crippen molar-refractivity contribution in [1.82, 2.24) is 4.98 Å². The number of nitrogens with zero attached hydrogens (tertiary/aromatic N) is 1. The molecule has 0 saturated carbocycles. The maximum Gasteiger partial charge on any atom is 0.354 e. The van der Waals surface area contributed by atoms with Crippen molar-refractivity contribution in [1.29, 1.82) is 0 Å². The average molecular weight is 315 g/mol. The Kier molecular flexibility index (Phi) is 2.47. The summed E-state index contributed by atoms with van der Waals surface area (Å²) in [5.41, 5.74) is 0.328. The molecule has 0 bridgehead atoms. The number of carboxylic acids is 1. The predicted octanol–water partition coefficient (Wildman–Crippen LogP) is 2.24. The number of benzene rings is 1. The molecule has 1 aromatic carbocycles. The van der Waals surface area contributed by atoms with Gasteiger partial charge in [0.15, 0.2) is 5.69 Å². The second-order valence-corrected chi connectivity index (χ2v) is 4.24. The van der Waals surface area contributed by atoms with Gasteiger partial charge in [0.25, 0.3) is 0 Å². The monoisotopic (exact) mass is 315 g/mol. The molecular formula is C10H6INO3. The number of aromatic nitrogens is 1. The van der Waals surface area contributed by atoms with Crippen molar-refractivity contribution in [2.24, 2.45) is 0 Å². The lowest BCUT2D eigenvalue weighted by Gasteiger charge is -2.02. The van der Waals surface area contributed by atoms with Gasteiger partial charge in [-0.15, -0.1) is 0 Å². The Balaban J connectivity index is 2.78. The number of aromatic carboxylic acids is 1. The first-order valence-electron chi connectivity index (χ1n) is 4.10. The second kappa shape index (κ2) is 3.65. The van der Waals surface area contributed by atoms with Crippen LogP contribution >= 0.6 is 22.6 Å². The summed E-state index contributed by atoms with van der Waals surface area (Å²) in [6.07, 6.45) is 0. The van der Waals surface area contributed by atoms with Gasteiger partial charge in [0, 0.05) is 15.0 Å². The molecule has 0 aliphatic heterocycles. The summed E-state index contributed by atoms with van der Waals surface area (Å²) < 4.78 is 0.959. The number of rotatable bonds is 1. The Labute approximate surface area is 98.7 Å². The summed E-state index contributed by atoms with van der Waals surface area (Å²) in [4.78, 5) is 14.6. The van der Waals surface area contributed by atoms with Crippen molar-refractivity contribution in [3.63, 3.8) is 0 Å². The van der Waals surface area contributed by atoms with Gasteiger partial charge in [-0.2, -0.15) is 0 Å². The van der Waals surface area contributed by atoms with Crippen LogP contribution < -0.4 is 0 Å². The summed E-state index contributed by atoms with van der Waals surface area (Å²) in [5.74, 6) is -1.21. The second-order valence-electron chi connectivity index (χ2n) is 2.99. The van der Waals surface area contributed by atoms with E-state index in [2.05, 4.69) is 27.6 Å². The fourth-order valence-corrected chi connectivity index (χ4v) is 1.78. The lowest BCUT2D eigenvalue weighted by atomic mass is 10.2. The zero-order valence-corrected chi connectivity index (χ0v) is 9.59. The van der Waals surface area contributed by atoms with E-state index in [1.807, 2.05) is 0 Å². The lowest BCUT2D eigenvalue weighted by molar-refractivity contribution is 0.0690. The Morgan fingerprint density at radius 1 is 1.33 bits per heavy atom. The topological polar surface area (TPSA) is 70.4 Å². The molecule has 1 aromatic heterocycles. The molecule has 15 heavy (non-hydrogen) atoms. The third kappa shape index (κ3) is 1.87. The smallest absolute Gasteiger partial charge is 0.354 e. The molecule has 0 fully saturated rings. The van der Waals surface area contributed by atoms with E-state index in [1.165, 1.54) is 0 Å². The fourth-order valence-electron chi connectivity index (χ4n) is 1.29. The highest BCUT2D eigenvalue weighted by Crippen LogP contribution is 2.25. The van der Waals surface area contributed by atoms with Crippen molar-refractivity contribution in [3.8, 4) is 5.75 Å². The molecule has 5 heteroatoms. The minimum Gasteiger partial charge on any atom is -0.507 e. The maximum atomic E-state index is 10.7. The summed E-state index contributed by atoms with van der Waals surface area (Å²) in [5, 5.41) is 18.9. The molecule has 0 unspecified atom stereocenters. The third-order valence-electron chi connectivity index (χ3n) is 1.97. The van der Waals surface area contributed by atoms with Gasteiger partial charge in [0.05, 0.1) is 5.52 Å². The molecule has 0 amide bonds. The quantitative estimate of drug-likeness (QED) is 0.792. The molecule has 0 radical (unpaired) electrons. The van der Waals surface area contributed by atoms with Crippen molar-refractivity contribution in [2.75, 3.05) is 0 Å². The normalized spacial score (nSPS) is 10.5.